The zero-order valence-electron chi connectivity index (χ0n) is 20.0. The number of ether oxygens (including phenoxy) is 2. The molecule has 1 N–H and O–H groups in total. The maximum Gasteiger partial charge on any atom is 0.328 e. The number of nitrogens with zero attached hydrogens (tertiary/aromatic N) is 1. The van der Waals surface area contributed by atoms with E-state index < -0.39 is 12.0 Å². The number of aryl methyl sites for hydroxylation is 1. The largest absolute Gasteiger partial charge is 0.493 e. The molecule has 0 saturated carbocycles. The first kappa shape index (κ1) is 25.0. The molecule has 1 atom stereocenters. The molecule has 0 aliphatic rings. The van der Waals surface area contributed by atoms with E-state index in [0.29, 0.717) is 31.8 Å². The summed E-state index contributed by atoms with van der Waals surface area (Å²) in [5.74, 6) is 1.53. The van der Waals surface area contributed by atoms with Crippen LogP contribution in [0.2, 0.25) is 0 Å². The lowest BCUT2D eigenvalue weighted by Gasteiger charge is -2.17. The summed E-state index contributed by atoms with van der Waals surface area (Å²) in [5.41, 5.74) is 2.72. The van der Waals surface area contributed by atoms with Gasteiger partial charge in [-0.3, -0.25) is 4.79 Å². The molecule has 3 aromatic rings. The fourth-order valence-corrected chi connectivity index (χ4v) is 3.52. The molecule has 3 rings (SSSR count). The highest BCUT2D eigenvalue weighted by molar-refractivity contribution is 5.84. The van der Waals surface area contributed by atoms with Gasteiger partial charge in [-0.05, 0) is 50.1 Å². The van der Waals surface area contributed by atoms with Gasteiger partial charge in [-0.25, -0.2) is 9.78 Å². The lowest BCUT2D eigenvalue weighted by atomic mass is 10.1. The van der Waals surface area contributed by atoms with Crippen LogP contribution in [0.5, 0.6) is 5.75 Å². The summed E-state index contributed by atoms with van der Waals surface area (Å²) >= 11 is 0. The highest BCUT2D eigenvalue weighted by Gasteiger charge is 2.22. The second-order valence-electron chi connectivity index (χ2n) is 7.96. The van der Waals surface area contributed by atoms with Gasteiger partial charge in [0.1, 0.15) is 17.6 Å². The first-order valence-corrected chi connectivity index (χ1v) is 11.7. The SMILES string of the molecule is CCCC(=O)N[C@@H](Cc1ccc(OCCc2nc(-c3ccccc3)oc2C)cc1)C(=O)OCC. The van der Waals surface area contributed by atoms with Gasteiger partial charge < -0.3 is 19.2 Å². The summed E-state index contributed by atoms with van der Waals surface area (Å²) in [6, 6.07) is 16.6. The fraction of sp³-hybridized carbons (Fsp3) is 0.370. The van der Waals surface area contributed by atoms with E-state index in [1.165, 1.54) is 0 Å². The smallest absolute Gasteiger partial charge is 0.328 e. The minimum absolute atomic E-state index is 0.154. The van der Waals surface area contributed by atoms with E-state index >= 15 is 0 Å². The molecule has 0 aliphatic heterocycles. The number of oxazole rings is 1. The summed E-state index contributed by atoms with van der Waals surface area (Å²) in [5, 5.41) is 2.78. The Hall–Kier alpha value is -3.61. The zero-order valence-corrected chi connectivity index (χ0v) is 20.0. The van der Waals surface area contributed by atoms with Crippen molar-refractivity contribution in [3.63, 3.8) is 0 Å². The Bertz CT molecular complexity index is 1060. The van der Waals surface area contributed by atoms with Crippen LogP contribution < -0.4 is 10.1 Å². The minimum atomic E-state index is -0.709. The molecule has 1 amide bonds. The van der Waals surface area contributed by atoms with Gasteiger partial charge in [-0.1, -0.05) is 37.3 Å². The van der Waals surface area contributed by atoms with Crippen molar-refractivity contribution >= 4 is 11.9 Å². The molecule has 0 spiro atoms. The topological polar surface area (TPSA) is 90.7 Å². The number of rotatable bonds is 12. The third-order valence-corrected chi connectivity index (χ3v) is 5.27. The Balaban J connectivity index is 1.54. The molecule has 0 radical (unpaired) electrons. The molecule has 1 heterocycles. The summed E-state index contributed by atoms with van der Waals surface area (Å²) in [7, 11) is 0. The molecule has 0 unspecified atom stereocenters. The first-order chi connectivity index (χ1) is 16.5. The number of hydrogen-bond donors (Lipinski definition) is 1. The van der Waals surface area contributed by atoms with E-state index in [2.05, 4.69) is 10.3 Å². The molecular formula is C27H32N2O5. The number of aromatic nitrogens is 1. The van der Waals surface area contributed by atoms with Crippen LogP contribution in [0.4, 0.5) is 0 Å². The summed E-state index contributed by atoms with van der Waals surface area (Å²) in [6.45, 7) is 6.30. The van der Waals surface area contributed by atoms with Crippen molar-refractivity contribution in [3.8, 4) is 17.2 Å². The molecule has 0 fully saturated rings. The van der Waals surface area contributed by atoms with Gasteiger partial charge in [0.15, 0.2) is 0 Å². The van der Waals surface area contributed by atoms with Gasteiger partial charge >= 0.3 is 5.97 Å². The van der Waals surface area contributed by atoms with E-state index in [-0.39, 0.29) is 12.5 Å². The summed E-state index contributed by atoms with van der Waals surface area (Å²) in [6.07, 6.45) is 2.07. The van der Waals surface area contributed by atoms with E-state index in [9.17, 15) is 9.59 Å². The molecule has 2 aromatic carbocycles. The van der Waals surface area contributed by atoms with Gasteiger partial charge in [-0.2, -0.15) is 0 Å². The van der Waals surface area contributed by atoms with Crippen molar-refractivity contribution in [2.24, 2.45) is 0 Å². The Morgan fingerprint density at radius 3 is 2.47 bits per heavy atom. The predicted molar refractivity (Wildman–Crippen MR) is 129 cm³/mol. The number of amides is 1. The van der Waals surface area contributed by atoms with E-state index in [1.807, 2.05) is 68.4 Å². The molecule has 180 valence electrons. The Morgan fingerprint density at radius 2 is 1.79 bits per heavy atom. The van der Waals surface area contributed by atoms with Gasteiger partial charge in [0.05, 0.1) is 18.9 Å². The molecule has 1 aromatic heterocycles. The molecule has 7 nitrogen and oxygen atoms in total. The average Bonchev–Trinajstić information content (AvgIpc) is 3.21. The summed E-state index contributed by atoms with van der Waals surface area (Å²) in [4.78, 5) is 28.9. The van der Waals surface area contributed by atoms with Crippen molar-refractivity contribution in [3.05, 3.63) is 71.6 Å². The number of carbonyl (C=O) groups excluding carboxylic acids is 2. The lowest BCUT2D eigenvalue weighted by molar-refractivity contribution is -0.147. The highest BCUT2D eigenvalue weighted by Crippen LogP contribution is 2.22. The number of nitrogens with one attached hydrogen (secondary N) is 1. The van der Waals surface area contributed by atoms with Crippen LogP contribution >= 0.6 is 0 Å². The second-order valence-corrected chi connectivity index (χ2v) is 7.96. The van der Waals surface area contributed by atoms with E-state index in [4.69, 9.17) is 13.9 Å². The zero-order chi connectivity index (χ0) is 24.3. The molecule has 34 heavy (non-hydrogen) atoms. The minimum Gasteiger partial charge on any atom is -0.493 e. The van der Waals surface area contributed by atoms with Crippen molar-refractivity contribution < 1.29 is 23.5 Å². The number of benzene rings is 2. The van der Waals surface area contributed by atoms with Gasteiger partial charge in [-0.15, -0.1) is 0 Å². The average molecular weight is 465 g/mol. The maximum atomic E-state index is 12.3. The van der Waals surface area contributed by atoms with Crippen LogP contribution in [0, 0.1) is 6.92 Å². The monoisotopic (exact) mass is 464 g/mol. The summed E-state index contributed by atoms with van der Waals surface area (Å²) < 4.78 is 16.8. The number of hydrogen-bond acceptors (Lipinski definition) is 6. The van der Waals surface area contributed by atoms with Crippen LogP contribution in [0.25, 0.3) is 11.5 Å². The van der Waals surface area contributed by atoms with Crippen LogP contribution in [0.1, 0.15) is 43.7 Å². The van der Waals surface area contributed by atoms with Crippen LogP contribution in [-0.4, -0.2) is 36.1 Å². The van der Waals surface area contributed by atoms with Gasteiger partial charge in [0, 0.05) is 24.8 Å². The molecule has 0 bridgehead atoms. The van der Waals surface area contributed by atoms with Crippen molar-refractivity contribution in [1.29, 1.82) is 0 Å². The molecular weight excluding hydrogens is 432 g/mol. The van der Waals surface area contributed by atoms with Crippen molar-refractivity contribution in [2.75, 3.05) is 13.2 Å². The third kappa shape index (κ3) is 7.20. The quantitative estimate of drug-likeness (QED) is 0.392. The van der Waals surface area contributed by atoms with Gasteiger partial charge in [0.2, 0.25) is 11.8 Å². The normalized spacial score (nSPS) is 11.6. The van der Waals surface area contributed by atoms with Crippen LogP contribution in [-0.2, 0) is 27.2 Å². The van der Waals surface area contributed by atoms with E-state index in [1.54, 1.807) is 6.92 Å². The number of esters is 1. The lowest BCUT2D eigenvalue weighted by Crippen LogP contribution is -2.43. The predicted octanol–water partition coefficient (Wildman–Crippen LogP) is 4.66. The van der Waals surface area contributed by atoms with Gasteiger partial charge in [0.25, 0.3) is 0 Å². The molecule has 0 saturated heterocycles. The van der Waals surface area contributed by atoms with E-state index in [0.717, 1.165) is 34.8 Å². The van der Waals surface area contributed by atoms with Crippen molar-refractivity contribution in [1.82, 2.24) is 10.3 Å². The molecule has 7 heteroatoms. The first-order valence-electron chi connectivity index (χ1n) is 11.7. The highest BCUT2D eigenvalue weighted by atomic mass is 16.5. The Morgan fingerprint density at radius 1 is 1.06 bits per heavy atom. The standard InChI is InChI=1S/C27H32N2O5/c1-4-9-25(30)28-24(27(31)32-5-2)18-20-12-14-22(15-13-20)33-17-16-23-19(3)34-26(29-23)21-10-7-6-8-11-21/h6-8,10-15,24H,4-5,9,16-18H2,1-3H3,(H,28,30)/t24-/m0/s1. The molecule has 0 aliphatic carbocycles. The Labute approximate surface area is 200 Å². The fourth-order valence-electron chi connectivity index (χ4n) is 3.52. The maximum absolute atomic E-state index is 12.3. The van der Waals surface area contributed by atoms with Crippen molar-refractivity contribution in [2.45, 2.75) is 52.5 Å². The number of carbonyl (C=O) groups is 2. The third-order valence-electron chi connectivity index (χ3n) is 5.27. The van der Waals surface area contributed by atoms with Crippen LogP contribution in [0.15, 0.2) is 59.0 Å². The Kier molecular flexibility index (Phi) is 9.26. The second kappa shape index (κ2) is 12.6. The van der Waals surface area contributed by atoms with Crippen LogP contribution in [0.3, 0.4) is 0 Å².